The van der Waals surface area contributed by atoms with Gasteiger partial charge >= 0.3 is 11.7 Å². The third-order valence-corrected chi connectivity index (χ3v) is 6.22. The van der Waals surface area contributed by atoms with E-state index in [1.54, 1.807) is 36.4 Å². The Balaban J connectivity index is 1.90. The number of esters is 1. The highest BCUT2D eigenvalue weighted by Crippen LogP contribution is 2.17. The zero-order valence-electron chi connectivity index (χ0n) is 15.7. The molecule has 7 nitrogen and oxygen atoms in total. The van der Waals surface area contributed by atoms with Gasteiger partial charge < -0.3 is 4.74 Å². The fourth-order valence-corrected chi connectivity index (χ4v) is 4.07. The van der Waals surface area contributed by atoms with E-state index >= 15 is 0 Å². The number of aromatic nitrogens is 2. The Morgan fingerprint density at radius 2 is 1.68 bits per heavy atom. The minimum absolute atomic E-state index is 0.0675. The Morgan fingerprint density at radius 1 is 1.00 bits per heavy atom. The molecule has 1 aromatic heterocycles. The van der Waals surface area contributed by atoms with Crippen LogP contribution in [0.3, 0.4) is 0 Å². The van der Waals surface area contributed by atoms with E-state index in [4.69, 9.17) is 0 Å². The standard InChI is InChI=1S/C20H20N2O5S/c1-14-4-9-18(12-15(14)2)28(25,26)22-11-10-21(20(22)24)13-16-5-7-17(8-6-16)19(23)27-3/h4-12H,13H2,1-3H3. The molecule has 2 aromatic carbocycles. The number of benzene rings is 2. The van der Waals surface area contributed by atoms with Crippen molar-refractivity contribution in [1.29, 1.82) is 0 Å². The van der Waals surface area contributed by atoms with Crippen LogP contribution in [-0.2, 0) is 21.3 Å². The first-order valence-corrected chi connectivity index (χ1v) is 9.96. The van der Waals surface area contributed by atoms with Crippen molar-refractivity contribution in [2.24, 2.45) is 0 Å². The van der Waals surface area contributed by atoms with Crippen molar-refractivity contribution in [3.05, 3.63) is 87.6 Å². The maximum atomic E-state index is 12.8. The second kappa shape index (κ2) is 7.47. The predicted octanol–water partition coefficient (Wildman–Crippen LogP) is 2.34. The summed E-state index contributed by atoms with van der Waals surface area (Å²) in [4.78, 5) is 24.2. The normalized spacial score (nSPS) is 11.4. The number of ether oxygens (including phenoxy) is 1. The smallest absolute Gasteiger partial charge is 0.342 e. The summed E-state index contributed by atoms with van der Waals surface area (Å²) in [5.74, 6) is -0.450. The molecule has 8 heteroatoms. The molecule has 1 heterocycles. The molecule has 3 aromatic rings. The van der Waals surface area contributed by atoms with Gasteiger partial charge in [0.05, 0.1) is 24.1 Å². The lowest BCUT2D eigenvalue weighted by Crippen LogP contribution is -2.29. The maximum absolute atomic E-state index is 12.8. The second-order valence-electron chi connectivity index (χ2n) is 6.44. The molecule has 0 saturated heterocycles. The maximum Gasteiger partial charge on any atom is 0.342 e. The van der Waals surface area contributed by atoms with Gasteiger partial charge in [0.15, 0.2) is 0 Å². The summed E-state index contributed by atoms with van der Waals surface area (Å²) in [6.07, 6.45) is 2.67. The third-order valence-electron chi connectivity index (χ3n) is 4.58. The molecule has 0 fully saturated rings. The second-order valence-corrected chi connectivity index (χ2v) is 8.26. The number of imidazole rings is 1. The van der Waals surface area contributed by atoms with Crippen molar-refractivity contribution in [3.8, 4) is 0 Å². The van der Waals surface area contributed by atoms with Crippen LogP contribution in [0.4, 0.5) is 0 Å². The Morgan fingerprint density at radius 3 is 2.29 bits per heavy atom. The molecule has 0 N–H and O–H groups in total. The Hall–Kier alpha value is -3.13. The minimum atomic E-state index is -3.98. The zero-order valence-corrected chi connectivity index (χ0v) is 16.6. The quantitative estimate of drug-likeness (QED) is 0.614. The van der Waals surface area contributed by atoms with Gasteiger partial charge in [0, 0.05) is 12.4 Å². The summed E-state index contributed by atoms with van der Waals surface area (Å²) in [6.45, 7) is 3.88. The summed E-state index contributed by atoms with van der Waals surface area (Å²) in [5.41, 5.74) is 2.29. The molecule has 0 aliphatic heterocycles. The van der Waals surface area contributed by atoms with Crippen molar-refractivity contribution in [2.75, 3.05) is 7.11 Å². The van der Waals surface area contributed by atoms with Gasteiger partial charge in [-0.25, -0.2) is 18.0 Å². The van der Waals surface area contributed by atoms with E-state index in [2.05, 4.69) is 4.74 Å². The number of aryl methyl sites for hydroxylation is 2. The van der Waals surface area contributed by atoms with Crippen LogP contribution in [0.1, 0.15) is 27.0 Å². The topological polar surface area (TPSA) is 87.4 Å². The minimum Gasteiger partial charge on any atom is -0.465 e. The first kappa shape index (κ1) is 19.6. The molecular formula is C20H20N2O5S. The fraction of sp³-hybridized carbons (Fsp3) is 0.200. The van der Waals surface area contributed by atoms with Crippen molar-refractivity contribution in [1.82, 2.24) is 8.54 Å². The number of rotatable bonds is 5. The highest BCUT2D eigenvalue weighted by atomic mass is 32.2. The molecule has 0 aliphatic carbocycles. The van der Waals surface area contributed by atoms with Crippen LogP contribution in [-0.4, -0.2) is 30.0 Å². The number of hydrogen-bond acceptors (Lipinski definition) is 5. The van der Waals surface area contributed by atoms with Crippen molar-refractivity contribution in [2.45, 2.75) is 25.3 Å². The first-order valence-electron chi connectivity index (χ1n) is 8.52. The molecule has 28 heavy (non-hydrogen) atoms. The zero-order chi connectivity index (χ0) is 20.5. The van der Waals surface area contributed by atoms with Crippen molar-refractivity contribution >= 4 is 16.0 Å². The molecule has 0 spiro atoms. The lowest BCUT2D eigenvalue weighted by atomic mass is 10.1. The van der Waals surface area contributed by atoms with Gasteiger partial charge in [0.1, 0.15) is 0 Å². The van der Waals surface area contributed by atoms with Gasteiger partial charge in [-0.2, -0.15) is 3.97 Å². The van der Waals surface area contributed by atoms with Crippen LogP contribution in [0, 0.1) is 13.8 Å². The summed E-state index contributed by atoms with van der Waals surface area (Å²) in [7, 11) is -2.68. The van der Waals surface area contributed by atoms with E-state index in [1.807, 2.05) is 13.8 Å². The van der Waals surface area contributed by atoms with Gasteiger partial charge in [-0.15, -0.1) is 0 Å². The molecule has 0 amide bonds. The van der Waals surface area contributed by atoms with Crippen LogP contribution < -0.4 is 5.69 Å². The van der Waals surface area contributed by atoms with Crippen LogP contribution >= 0.6 is 0 Å². The summed E-state index contributed by atoms with van der Waals surface area (Å²) in [6, 6.07) is 11.3. The Bertz CT molecular complexity index is 1190. The van der Waals surface area contributed by atoms with E-state index in [-0.39, 0.29) is 11.4 Å². The summed E-state index contributed by atoms with van der Waals surface area (Å²) < 4.78 is 32.4. The first-order chi connectivity index (χ1) is 13.2. The molecule has 146 valence electrons. The number of carbonyl (C=O) groups excluding carboxylic acids is 1. The Labute approximate surface area is 162 Å². The highest BCUT2D eigenvalue weighted by molar-refractivity contribution is 7.90. The summed E-state index contributed by atoms with van der Waals surface area (Å²) in [5, 5.41) is 0. The number of nitrogens with zero attached hydrogens (tertiary/aromatic N) is 2. The van der Waals surface area contributed by atoms with Crippen molar-refractivity contribution < 1.29 is 17.9 Å². The molecule has 0 saturated carbocycles. The van der Waals surface area contributed by atoms with Gasteiger partial charge in [0.25, 0.3) is 10.0 Å². The number of methoxy groups -OCH3 is 1. The number of hydrogen-bond donors (Lipinski definition) is 0. The van der Waals surface area contributed by atoms with Crippen LogP contribution in [0.25, 0.3) is 0 Å². The van der Waals surface area contributed by atoms with Crippen LogP contribution in [0.15, 0.2) is 64.5 Å². The largest absolute Gasteiger partial charge is 0.465 e. The molecule has 0 atom stereocenters. The van der Waals surface area contributed by atoms with Gasteiger partial charge in [-0.1, -0.05) is 18.2 Å². The monoisotopic (exact) mass is 400 g/mol. The third kappa shape index (κ3) is 3.63. The molecule has 0 aliphatic rings. The van der Waals surface area contributed by atoms with Gasteiger partial charge in [0.2, 0.25) is 0 Å². The molecule has 0 bridgehead atoms. The van der Waals surface area contributed by atoms with Gasteiger partial charge in [-0.3, -0.25) is 4.57 Å². The fourth-order valence-electron chi connectivity index (χ4n) is 2.75. The summed E-state index contributed by atoms with van der Waals surface area (Å²) >= 11 is 0. The van der Waals surface area contributed by atoms with Crippen LogP contribution in [0.2, 0.25) is 0 Å². The molecule has 0 radical (unpaired) electrons. The van der Waals surface area contributed by atoms with Crippen molar-refractivity contribution in [3.63, 3.8) is 0 Å². The highest BCUT2D eigenvalue weighted by Gasteiger charge is 2.21. The average Bonchev–Trinajstić information content (AvgIpc) is 3.05. The van der Waals surface area contributed by atoms with E-state index in [0.29, 0.717) is 5.56 Å². The lowest BCUT2D eigenvalue weighted by Gasteiger charge is -2.07. The van der Waals surface area contributed by atoms with E-state index in [0.717, 1.165) is 20.7 Å². The van der Waals surface area contributed by atoms with Gasteiger partial charge in [-0.05, 0) is 54.8 Å². The number of carbonyl (C=O) groups is 1. The predicted molar refractivity (Wildman–Crippen MR) is 104 cm³/mol. The molecule has 0 unspecified atom stereocenters. The molecular weight excluding hydrogens is 380 g/mol. The molecule has 3 rings (SSSR count). The lowest BCUT2D eigenvalue weighted by molar-refractivity contribution is 0.0600. The van der Waals surface area contributed by atoms with Crippen LogP contribution in [0.5, 0.6) is 0 Å². The van der Waals surface area contributed by atoms with E-state index in [1.165, 1.54) is 30.1 Å². The van der Waals surface area contributed by atoms with E-state index in [9.17, 15) is 18.0 Å². The Kier molecular flexibility index (Phi) is 5.24. The van der Waals surface area contributed by atoms with E-state index < -0.39 is 21.7 Å². The SMILES string of the molecule is COC(=O)c1ccc(Cn2ccn(S(=O)(=O)c3ccc(C)c(C)c3)c2=O)cc1. The average molecular weight is 400 g/mol.